The van der Waals surface area contributed by atoms with E-state index in [1.807, 2.05) is 23.9 Å². The Hall–Kier alpha value is -3.22. The van der Waals surface area contributed by atoms with Crippen LogP contribution in [-0.4, -0.2) is 26.6 Å². The number of primary amides is 1. The second-order valence-corrected chi connectivity index (χ2v) is 7.74. The number of nitrogens with zero attached hydrogens (tertiary/aromatic N) is 3. The Labute approximate surface area is 169 Å². The summed E-state index contributed by atoms with van der Waals surface area (Å²) in [7, 11) is 0. The smallest absolute Gasteiger partial charge is 0.267 e. The number of amides is 2. The molecule has 1 fully saturated rings. The Bertz CT molecular complexity index is 1070. The van der Waals surface area contributed by atoms with Gasteiger partial charge in [-0.3, -0.25) is 14.3 Å². The maximum atomic E-state index is 13.0. The van der Waals surface area contributed by atoms with Crippen LogP contribution in [0.1, 0.15) is 58.6 Å². The molecule has 1 aliphatic carbocycles. The van der Waals surface area contributed by atoms with Crippen LogP contribution in [0.4, 0.5) is 5.69 Å². The highest BCUT2D eigenvalue weighted by molar-refractivity contribution is 6.13. The summed E-state index contributed by atoms with van der Waals surface area (Å²) >= 11 is 0. The van der Waals surface area contributed by atoms with Crippen molar-refractivity contribution in [3.8, 4) is 0 Å². The molecule has 0 atom stereocenters. The van der Waals surface area contributed by atoms with Crippen molar-refractivity contribution in [1.82, 2.24) is 14.8 Å². The van der Waals surface area contributed by atoms with Crippen LogP contribution in [0.15, 0.2) is 36.5 Å². The Kier molecular flexibility index (Phi) is 5.29. The fraction of sp³-hybridized carbons (Fsp3) is 0.364. The van der Waals surface area contributed by atoms with Gasteiger partial charge in [-0.15, -0.1) is 0 Å². The van der Waals surface area contributed by atoms with Gasteiger partial charge in [-0.1, -0.05) is 37.5 Å². The van der Waals surface area contributed by atoms with E-state index in [2.05, 4.69) is 15.4 Å². The number of nitrogens with one attached hydrogen (secondary N) is 1. The molecule has 0 radical (unpaired) electrons. The fourth-order valence-electron chi connectivity index (χ4n) is 4.05. The molecule has 150 valence electrons. The molecule has 0 saturated heterocycles. The number of aryl methyl sites for hydroxylation is 1. The van der Waals surface area contributed by atoms with Crippen molar-refractivity contribution >= 4 is 28.4 Å². The summed E-state index contributed by atoms with van der Waals surface area (Å²) in [4.78, 5) is 28.9. The van der Waals surface area contributed by atoms with Crippen molar-refractivity contribution < 1.29 is 9.59 Å². The number of anilines is 1. The van der Waals surface area contributed by atoms with Crippen LogP contribution in [0.5, 0.6) is 0 Å². The molecule has 0 aliphatic heterocycles. The molecule has 1 aliphatic rings. The fourth-order valence-corrected chi connectivity index (χ4v) is 4.05. The zero-order chi connectivity index (χ0) is 20.4. The first kappa shape index (κ1) is 19.1. The summed E-state index contributed by atoms with van der Waals surface area (Å²) in [6, 6.07) is 8.65. The number of nitrogens with two attached hydrogens (primary N) is 1. The van der Waals surface area contributed by atoms with Gasteiger partial charge in [0, 0.05) is 18.1 Å². The molecular weight excluding hydrogens is 366 g/mol. The van der Waals surface area contributed by atoms with Crippen molar-refractivity contribution in [2.75, 3.05) is 5.32 Å². The molecule has 0 bridgehead atoms. The lowest BCUT2D eigenvalue weighted by Crippen LogP contribution is -2.18. The SMILES string of the molecule is Cc1nn(CC2CCCCC2)cc1NC(=O)c1cc(C(N)=O)nc2ccccc12. The zero-order valence-electron chi connectivity index (χ0n) is 16.5. The van der Waals surface area contributed by atoms with Crippen LogP contribution in [0.25, 0.3) is 10.9 Å². The normalized spacial score (nSPS) is 14.8. The van der Waals surface area contributed by atoms with Gasteiger partial charge in [0.15, 0.2) is 0 Å². The molecule has 2 heterocycles. The Morgan fingerprint density at radius 3 is 2.72 bits per heavy atom. The third-order valence-corrected chi connectivity index (χ3v) is 5.58. The van der Waals surface area contributed by atoms with E-state index in [4.69, 9.17) is 5.73 Å². The van der Waals surface area contributed by atoms with Gasteiger partial charge < -0.3 is 11.1 Å². The average molecular weight is 391 g/mol. The minimum absolute atomic E-state index is 0.0681. The quantitative estimate of drug-likeness (QED) is 0.692. The molecule has 2 amide bonds. The minimum Gasteiger partial charge on any atom is -0.364 e. The maximum Gasteiger partial charge on any atom is 0.267 e. The molecule has 1 saturated carbocycles. The van der Waals surface area contributed by atoms with Gasteiger partial charge in [0.05, 0.1) is 22.5 Å². The number of pyridine rings is 1. The van der Waals surface area contributed by atoms with E-state index in [0.29, 0.717) is 28.1 Å². The summed E-state index contributed by atoms with van der Waals surface area (Å²) in [6.07, 6.45) is 8.25. The van der Waals surface area contributed by atoms with Crippen LogP contribution >= 0.6 is 0 Å². The molecule has 1 aromatic carbocycles. The predicted octanol–water partition coefficient (Wildman–Crippen LogP) is 3.67. The molecule has 4 rings (SSSR count). The van der Waals surface area contributed by atoms with Crippen LogP contribution in [0.2, 0.25) is 0 Å². The lowest BCUT2D eigenvalue weighted by Gasteiger charge is -2.21. The Balaban J connectivity index is 1.59. The van der Waals surface area contributed by atoms with E-state index in [1.165, 1.54) is 38.2 Å². The number of carbonyl (C=O) groups is 2. The topological polar surface area (TPSA) is 103 Å². The largest absolute Gasteiger partial charge is 0.364 e. The summed E-state index contributed by atoms with van der Waals surface area (Å²) < 4.78 is 1.93. The van der Waals surface area contributed by atoms with Crippen molar-refractivity contribution in [3.63, 3.8) is 0 Å². The standard InChI is InChI=1S/C22H25N5O2/c1-14-20(13-27(26-14)12-15-7-3-2-4-8-15)25-22(29)17-11-19(21(23)28)24-18-10-6-5-9-16(17)18/h5-6,9-11,13,15H,2-4,7-8,12H2,1H3,(H2,23,28)(H,25,29). The zero-order valence-corrected chi connectivity index (χ0v) is 16.5. The van der Waals surface area contributed by atoms with Gasteiger partial charge >= 0.3 is 0 Å². The highest BCUT2D eigenvalue weighted by atomic mass is 16.2. The summed E-state index contributed by atoms with van der Waals surface area (Å²) in [5, 5.41) is 8.18. The van der Waals surface area contributed by atoms with Crippen molar-refractivity contribution in [2.45, 2.75) is 45.6 Å². The first-order valence-corrected chi connectivity index (χ1v) is 10.1. The second kappa shape index (κ2) is 8.03. The number of benzene rings is 1. The maximum absolute atomic E-state index is 13.0. The van der Waals surface area contributed by atoms with Gasteiger partial charge in [0.1, 0.15) is 5.69 Å². The third kappa shape index (κ3) is 4.13. The lowest BCUT2D eigenvalue weighted by molar-refractivity contribution is 0.0996. The highest BCUT2D eigenvalue weighted by Crippen LogP contribution is 2.26. The molecule has 7 nitrogen and oxygen atoms in total. The van der Waals surface area contributed by atoms with Crippen LogP contribution < -0.4 is 11.1 Å². The van der Waals surface area contributed by atoms with Crippen LogP contribution in [0, 0.1) is 12.8 Å². The first-order valence-electron chi connectivity index (χ1n) is 10.1. The van der Waals surface area contributed by atoms with Gasteiger partial charge in [-0.05, 0) is 37.8 Å². The first-order chi connectivity index (χ1) is 14.0. The average Bonchev–Trinajstić information content (AvgIpc) is 3.06. The van der Waals surface area contributed by atoms with Gasteiger partial charge in [-0.2, -0.15) is 5.10 Å². The number of rotatable bonds is 5. The van der Waals surface area contributed by atoms with Crippen LogP contribution in [0.3, 0.4) is 0 Å². The van der Waals surface area contributed by atoms with E-state index in [1.54, 1.807) is 18.2 Å². The molecule has 7 heteroatoms. The Morgan fingerprint density at radius 1 is 1.21 bits per heavy atom. The molecule has 29 heavy (non-hydrogen) atoms. The number of hydrogen-bond acceptors (Lipinski definition) is 4. The van der Waals surface area contributed by atoms with E-state index in [9.17, 15) is 9.59 Å². The second-order valence-electron chi connectivity index (χ2n) is 7.74. The molecule has 2 aromatic heterocycles. The number of carbonyl (C=O) groups excluding carboxylic acids is 2. The van der Waals surface area contributed by atoms with E-state index in [-0.39, 0.29) is 11.6 Å². The summed E-state index contributed by atoms with van der Waals surface area (Å²) in [6.45, 7) is 2.76. The summed E-state index contributed by atoms with van der Waals surface area (Å²) in [5.74, 6) is -0.332. The molecule has 0 spiro atoms. The summed E-state index contributed by atoms with van der Waals surface area (Å²) in [5.41, 5.74) is 7.82. The van der Waals surface area contributed by atoms with Gasteiger partial charge in [0.2, 0.25) is 0 Å². The molecular formula is C22H25N5O2. The van der Waals surface area contributed by atoms with Gasteiger partial charge in [0.25, 0.3) is 11.8 Å². The number of aromatic nitrogens is 3. The molecule has 3 N–H and O–H groups in total. The molecule has 0 unspecified atom stereocenters. The van der Waals surface area contributed by atoms with Crippen molar-refractivity contribution in [1.29, 1.82) is 0 Å². The van der Waals surface area contributed by atoms with E-state index < -0.39 is 5.91 Å². The van der Waals surface area contributed by atoms with Gasteiger partial charge in [-0.25, -0.2) is 4.98 Å². The lowest BCUT2D eigenvalue weighted by atomic mass is 9.89. The van der Waals surface area contributed by atoms with E-state index >= 15 is 0 Å². The van der Waals surface area contributed by atoms with Crippen molar-refractivity contribution in [3.05, 3.63) is 53.5 Å². The number of fused-ring (bicyclic) bond motifs is 1. The number of para-hydroxylation sites is 1. The third-order valence-electron chi connectivity index (χ3n) is 5.58. The Morgan fingerprint density at radius 2 is 1.97 bits per heavy atom. The predicted molar refractivity (Wildman–Crippen MR) is 112 cm³/mol. The number of hydrogen-bond donors (Lipinski definition) is 2. The molecule has 3 aromatic rings. The minimum atomic E-state index is -0.665. The van der Waals surface area contributed by atoms with E-state index in [0.717, 1.165) is 12.2 Å². The van der Waals surface area contributed by atoms with Crippen molar-refractivity contribution in [2.24, 2.45) is 11.7 Å². The highest BCUT2D eigenvalue weighted by Gasteiger charge is 2.19. The van der Waals surface area contributed by atoms with Crippen LogP contribution in [-0.2, 0) is 6.54 Å². The monoisotopic (exact) mass is 391 g/mol.